The van der Waals surface area contributed by atoms with Crippen molar-refractivity contribution in [2.75, 3.05) is 7.11 Å². The smallest absolute Gasteiger partial charge is 0.273 e. The standard InChI is InChI=1S/C24H18N4O5/c1-32-16-6-4-5-15(11-16)27-13-14-9-10-20(29)22-21(18(12-25)24(26)33-23(14)22)17-7-2-3-8-19(17)28(30)31/h2-11,13,21,29H,26H2,1H3. The summed E-state index contributed by atoms with van der Waals surface area (Å²) in [5.41, 5.74) is 7.30. The lowest BCUT2D eigenvalue weighted by Gasteiger charge is -2.28. The first kappa shape index (κ1) is 21.4. The van der Waals surface area contributed by atoms with E-state index in [0.29, 0.717) is 17.0 Å². The van der Waals surface area contributed by atoms with Crippen molar-refractivity contribution in [3.8, 4) is 23.3 Å². The van der Waals surface area contributed by atoms with Crippen molar-refractivity contribution in [1.82, 2.24) is 0 Å². The van der Waals surface area contributed by atoms with Gasteiger partial charge in [0.25, 0.3) is 5.69 Å². The average molecular weight is 442 g/mol. The summed E-state index contributed by atoms with van der Waals surface area (Å²) < 4.78 is 10.9. The van der Waals surface area contributed by atoms with Gasteiger partial charge in [-0.15, -0.1) is 0 Å². The minimum Gasteiger partial charge on any atom is -0.507 e. The Morgan fingerprint density at radius 1 is 1.24 bits per heavy atom. The number of phenolic OH excluding ortho intramolecular Hbond substituents is 1. The molecule has 0 spiro atoms. The van der Waals surface area contributed by atoms with Gasteiger partial charge >= 0.3 is 0 Å². The maximum Gasteiger partial charge on any atom is 0.273 e. The van der Waals surface area contributed by atoms with Crippen LogP contribution in [0.15, 0.2) is 77.1 Å². The van der Waals surface area contributed by atoms with Gasteiger partial charge in [-0.2, -0.15) is 5.26 Å². The lowest BCUT2D eigenvalue weighted by atomic mass is 9.81. The van der Waals surface area contributed by atoms with Crippen molar-refractivity contribution in [2.45, 2.75) is 5.92 Å². The molecule has 1 heterocycles. The van der Waals surface area contributed by atoms with Gasteiger partial charge in [-0.1, -0.05) is 24.3 Å². The summed E-state index contributed by atoms with van der Waals surface area (Å²) in [7, 11) is 1.55. The molecule has 1 atom stereocenters. The number of aliphatic imine (C=N–C) groups is 1. The number of nitro groups is 1. The number of allylic oxidation sites excluding steroid dienone is 1. The second-order valence-corrected chi connectivity index (χ2v) is 7.12. The van der Waals surface area contributed by atoms with Gasteiger partial charge in [0.15, 0.2) is 0 Å². The van der Waals surface area contributed by atoms with Crippen LogP contribution in [0.2, 0.25) is 0 Å². The van der Waals surface area contributed by atoms with Crippen molar-refractivity contribution >= 4 is 17.6 Å². The maximum atomic E-state index is 11.7. The fourth-order valence-electron chi connectivity index (χ4n) is 3.72. The summed E-state index contributed by atoms with van der Waals surface area (Å²) >= 11 is 0. The fraction of sp³-hybridized carbons (Fsp3) is 0.0833. The van der Waals surface area contributed by atoms with Gasteiger partial charge in [0.2, 0.25) is 5.88 Å². The van der Waals surface area contributed by atoms with Crippen molar-refractivity contribution in [1.29, 1.82) is 5.26 Å². The van der Waals surface area contributed by atoms with E-state index in [2.05, 4.69) is 4.99 Å². The minimum atomic E-state index is -0.995. The number of hydrogen-bond donors (Lipinski definition) is 2. The van der Waals surface area contributed by atoms with Gasteiger partial charge in [0.1, 0.15) is 28.9 Å². The van der Waals surface area contributed by atoms with Gasteiger partial charge in [-0.05, 0) is 24.3 Å². The number of fused-ring (bicyclic) bond motifs is 1. The number of benzene rings is 3. The Morgan fingerprint density at radius 3 is 2.76 bits per heavy atom. The van der Waals surface area contributed by atoms with Crippen LogP contribution >= 0.6 is 0 Å². The van der Waals surface area contributed by atoms with Gasteiger partial charge in [0, 0.05) is 29.5 Å². The summed E-state index contributed by atoms with van der Waals surface area (Å²) in [5.74, 6) is -0.579. The molecule has 3 N–H and O–H groups in total. The van der Waals surface area contributed by atoms with Gasteiger partial charge < -0.3 is 20.3 Å². The maximum absolute atomic E-state index is 11.7. The molecular formula is C24H18N4O5. The molecule has 0 fully saturated rings. The van der Waals surface area contributed by atoms with Crippen LogP contribution in [0, 0.1) is 21.4 Å². The fourth-order valence-corrected chi connectivity index (χ4v) is 3.72. The van der Waals surface area contributed by atoms with E-state index in [1.807, 2.05) is 6.07 Å². The molecule has 4 rings (SSSR count). The number of nitrogens with zero attached hydrogens (tertiary/aromatic N) is 3. The Kier molecular flexibility index (Phi) is 5.66. The Hall–Kier alpha value is -4.84. The first-order chi connectivity index (χ1) is 15.9. The SMILES string of the molecule is COc1cccc(N=Cc2ccc(O)c3c2OC(N)=C(C#N)C3c2ccccc2[N+](=O)[O-])c1. The van der Waals surface area contributed by atoms with Crippen LogP contribution < -0.4 is 15.2 Å². The van der Waals surface area contributed by atoms with E-state index < -0.39 is 10.8 Å². The molecule has 0 amide bonds. The molecule has 0 saturated carbocycles. The molecular weight excluding hydrogens is 424 g/mol. The monoisotopic (exact) mass is 442 g/mol. The molecule has 33 heavy (non-hydrogen) atoms. The summed E-state index contributed by atoms with van der Waals surface area (Å²) in [4.78, 5) is 15.6. The second-order valence-electron chi connectivity index (χ2n) is 7.12. The Morgan fingerprint density at radius 2 is 2.03 bits per heavy atom. The number of methoxy groups -OCH3 is 1. The summed E-state index contributed by atoms with van der Waals surface area (Å²) in [6.45, 7) is 0. The van der Waals surface area contributed by atoms with Crippen molar-refractivity contribution in [2.24, 2.45) is 10.7 Å². The molecule has 3 aromatic carbocycles. The molecule has 9 nitrogen and oxygen atoms in total. The zero-order chi connectivity index (χ0) is 23.5. The Labute approximate surface area is 188 Å². The first-order valence-corrected chi connectivity index (χ1v) is 9.79. The zero-order valence-electron chi connectivity index (χ0n) is 17.4. The van der Waals surface area contributed by atoms with E-state index in [4.69, 9.17) is 15.2 Å². The molecule has 9 heteroatoms. The average Bonchev–Trinajstić information content (AvgIpc) is 2.83. The van der Waals surface area contributed by atoms with E-state index in [-0.39, 0.29) is 39.8 Å². The topological polar surface area (TPSA) is 144 Å². The normalized spacial score (nSPS) is 15.0. The number of phenols is 1. The van der Waals surface area contributed by atoms with Crippen LogP contribution in [0.4, 0.5) is 11.4 Å². The number of hydrogen-bond acceptors (Lipinski definition) is 8. The van der Waals surface area contributed by atoms with E-state index in [1.54, 1.807) is 43.5 Å². The minimum absolute atomic E-state index is 0.0333. The van der Waals surface area contributed by atoms with Gasteiger partial charge in [-0.25, -0.2) is 0 Å². The molecule has 1 aliphatic heterocycles. The second kappa shape index (κ2) is 8.72. The Balaban J connectivity index is 1.89. The van der Waals surface area contributed by atoms with Crippen molar-refractivity contribution < 1.29 is 19.5 Å². The van der Waals surface area contributed by atoms with Gasteiger partial charge in [0.05, 0.1) is 29.2 Å². The number of ether oxygens (including phenoxy) is 2. The van der Waals surface area contributed by atoms with E-state index in [9.17, 15) is 20.5 Å². The molecule has 1 aliphatic rings. The van der Waals surface area contributed by atoms with Gasteiger partial charge in [-0.3, -0.25) is 15.1 Å². The molecule has 0 saturated heterocycles. The number of nitrogens with two attached hydrogens (primary N) is 1. The lowest BCUT2D eigenvalue weighted by molar-refractivity contribution is -0.385. The lowest BCUT2D eigenvalue weighted by Crippen LogP contribution is -2.22. The third-order valence-corrected chi connectivity index (χ3v) is 5.23. The van der Waals surface area contributed by atoms with E-state index in [1.165, 1.54) is 30.5 Å². The van der Waals surface area contributed by atoms with Crippen LogP contribution in [-0.4, -0.2) is 23.4 Å². The molecule has 0 radical (unpaired) electrons. The highest BCUT2D eigenvalue weighted by Crippen LogP contribution is 2.49. The van der Waals surface area contributed by atoms with E-state index in [0.717, 1.165) is 0 Å². The molecule has 3 aromatic rings. The number of aromatic hydroxyl groups is 1. The van der Waals surface area contributed by atoms with Crippen LogP contribution in [0.25, 0.3) is 0 Å². The van der Waals surface area contributed by atoms with Crippen LogP contribution in [0.1, 0.15) is 22.6 Å². The molecule has 0 aliphatic carbocycles. The number of nitro benzene ring substituents is 1. The molecule has 0 aromatic heterocycles. The highest BCUT2D eigenvalue weighted by Gasteiger charge is 2.37. The van der Waals surface area contributed by atoms with Crippen molar-refractivity contribution in [3.63, 3.8) is 0 Å². The van der Waals surface area contributed by atoms with Crippen LogP contribution in [0.5, 0.6) is 17.2 Å². The number of nitriles is 1. The zero-order valence-corrected chi connectivity index (χ0v) is 17.4. The summed E-state index contributed by atoms with van der Waals surface area (Å²) in [5, 5.41) is 32.1. The highest BCUT2D eigenvalue weighted by molar-refractivity contribution is 5.88. The number of rotatable bonds is 5. The van der Waals surface area contributed by atoms with Crippen LogP contribution in [-0.2, 0) is 0 Å². The predicted octanol–water partition coefficient (Wildman–Crippen LogP) is 4.28. The van der Waals surface area contributed by atoms with E-state index >= 15 is 0 Å². The molecule has 164 valence electrons. The summed E-state index contributed by atoms with van der Waals surface area (Å²) in [6, 6.07) is 18.1. The third kappa shape index (κ3) is 3.93. The largest absolute Gasteiger partial charge is 0.507 e. The quantitative estimate of drug-likeness (QED) is 0.341. The van der Waals surface area contributed by atoms with Crippen LogP contribution in [0.3, 0.4) is 0 Å². The Bertz CT molecular complexity index is 1360. The molecule has 0 bridgehead atoms. The molecule has 1 unspecified atom stereocenters. The predicted molar refractivity (Wildman–Crippen MR) is 121 cm³/mol. The van der Waals surface area contributed by atoms with Crippen molar-refractivity contribution in [3.05, 3.63) is 98.9 Å². The number of para-hydroxylation sites is 1. The summed E-state index contributed by atoms with van der Waals surface area (Å²) in [6.07, 6.45) is 1.52. The third-order valence-electron chi connectivity index (χ3n) is 5.23. The highest BCUT2D eigenvalue weighted by atomic mass is 16.6. The first-order valence-electron chi connectivity index (χ1n) is 9.79.